The highest BCUT2D eigenvalue weighted by atomic mass is 35.5. The van der Waals surface area contributed by atoms with Crippen LogP contribution in [0.25, 0.3) is 11.3 Å². The number of hydrogen-bond donors (Lipinski definition) is 2. The largest absolute Gasteiger partial charge is 0.496 e. The Balaban J connectivity index is 1.50. The fourth-order valence-electron chi connectivity index (χ4n) is 2.50. The lowest BCUT2D eigenvalue weighted by molar-refractivity contribution is -0.121. The minimum absolute atomic E-state index is 0.0819. The predicted octanol–water partition coefficient (Wildman–Crippen LogP) is 4.05. The van der Waals surface area contributed by atoms with Crippen LogP contribution in [0.4, 0.5) is 0 Å². The zero-order valence-corrected chi connectivity index (χ0v) is 16.9. The van der Waals surface area contributed by atoms with Crippen LogP contribution in [-0.2, 0) is 11.2 Å². The summed E-state index contributed by atoms with van der Waals surface area (Å²) in [6.45, 7) is 0. The van der Waals surface area contributed by atoms with Crippen molar-refractivity contribution >= 4 is 35.0 Å². The van der Waals surface area contributed by atoms with E-state index < -0.39 is 11.8 Å². The third-order valence-electron chi connectivity index (χ3n) is 3.97. The van der Waals surface area contributed by atoms with Gasteiger partial charge < -0.3 is 9.15 Å². The lowest BCUT2D eigenvalue weighted by Gasteiger charge is -2.10. The maximum Gasteiger partial charge on any atom is 0.273 e. The second-order valence-electron chi connectivity index (χ2n) is 5.97. The van der Waals surface area contributed by atoms with E-state index in [1.807, 2.05) is 12.1 Å². The van der Waals surface area contributed by atoms with Crippen LogP contribution in [0.5, 0.6) is 5.75 Å². The number of halogens is 2. The van der Waals surface area contributed by atoms with E-state index in [1.165, 1.54) is 19.2 Å². The molecule has 0 fully saturated rings. The molecule has 1 heterocycles. The van der Waals surface area contributed by atoms with Gasteiger partial charge in [-0.2, -0.15) is 0 Å². The van der Waals surface area contributed by atoms with E-state index in [2.05, 4.69) is 15.8 Å². The molecule has 0 unspecified atom stereocenters. The number of benzene rings is 2. The number of amides is 2. The summed E-state index contributed by atoms with van der Waals surface area (Å²) in [7, 11) is 1.43. The normalized spacial score (nSPS) is 10.4. The van der Waals surface area contributed by atoms with E-state index >= 15 is 0 Å². The molecule has 0 radical (unpaired) electrons. The molecule has 29 heavy (non-hydrogen) atoms. The summed E-state index contributed by atoms with van der Waals surface area (Å²) in [4.78, 5) is 28.4. The fourth-order valence-corrected chi connectivity index (χ4v) is 2.79. The summed E-state index contributed by atoms with van der Waals surface area (Å²) in [6.07, 6.45) is 1.95. The lowest BCUT2D eigenvalue weighted by atomic mass is 10.2. The van der Waals surface area contributed by atoms with Gasteiger partial charge in [-0.25, -0.2) is 4.98 Å². The second-order valence-corrected chi connectivity index (χ2v) is 6.84. The molecule has 0 aliphatic rings. The van der Waals surface area contributed by atoms with Crippen molar-refractivity contribution in [3.8, 4) is 17.1 Å². The molecule has 3 aromatic rings. The molecule has 0 bridgehead atoms. The highest BCUT2D eigenvalue weighted by molar-refractivity contribution is 6.31. The van der Waals surface area contributed by atoms with Gasteiger partial charge in [0.25, 0.3) is 5.91 Å². The number of aromatic nitrogens is 1. The Bertz CT molecular complexity index is 1020. The Labute approximate surface area is 176 Å². The topological polar surface area (TPSA) is 93.5 Å². The summed E-state index contributed by atoms with van der Waals surface area (Å²) in [5.41, 5.74) is 5.77. The van der Waals surface area contributed by atoms with Gasteiger partial charge >= 0.3 is 0 Å². The fraction of sp³-hybridized carbons (Fsp3) is 0.150. The minimum atomic E-state index is -0.520. The van der Waals surface area contributed by atoms with Crippen LogP contribution in [0.15, 0.2) is 53.1 Å². The molecule has 0 aliphatic heterocycles. The van der Waals surface area contributed by atoms with E-state index in [0.717, 1.165) is 5.56 Å². The van der Waals surface area contributed by atoms with Gasteiger partial charge in [0.05, 0.1) is 18.9 Å². The Hall–Kier alpha value is -3.03. The standard InChI is InChI=1S/C20H17Cl2N3O4/c1-28-16-10-14(22)6-7-15(16)20(27)25-24-18(26)8-9-19-23-11-17(29-19)12-2-4-13(21)5-3-12/h2-7,10-11H,8-9H2,1H3,(H,24,26)(H,25,27). The second kappa shape index (κ2) is 9.45. The van der Waals surface area contributed by atoms with Crippen molar-refractivity contribution in [1.82, 2.24) is 15.8 Å². The molecule has 0 atom stereocenters. The molecule has 7 nitrogen and oxygen atoms in total. The maximum atomic E-state index is 12.2. The van der Waals surface area contributed by atoms with Crippen LogP contribution in [0.2, 0.25) is 10.0 Å². The highest BCUT2D eigenvalue weighted by Crippen LogP contribution is 2.23. The number of carbonyl (C=O) groups is 2. The van der Waals surface area contributed by atoms with Gasteiger partial charge in [-0.15, -0.1) is 0 Å². The van der Waals surface area contributed by atoms with Gasteiger partial charge in [-0.1, -0.05) is 23.2 Å². The van der Waals surface area contributed by atoms with E-state index in [1.54, 1.807) is 24.4 Å². The Morgan fingerprint density at radius 3 is 2.52 bits per heavy atom. The molecular formula is C20H17Cl2N3O4. The first-order chi connectivity index (χ1) is 14.0. The van der Waals surface area contributed by atoms with Crippen LogP contribution in [0.1, 0.15) is 22.7 Å². The first-order valence-electron chi connectivity index (χ1n) is 8.59. The number of aryl methyl sites for hydroxylation is 1. The highest BCUT2D eigenvalue weighted by Gasteiger charge is 2.14. The van der Waals surface area contributed by atoms with E-state index in [-0.39, 0.29) is 18.4 Å². The number of rotatable bonds is 6. The molecule has 3 rings (SSSR count). The SMILES string of the molecule is COc1cc(Cl)ccc1C(=O)NNC(=O)CCc1ncc(-c2ccc(Cl)cc2)o1. The molecule has 0 saturated carbocycles. The van der Waals surface area contributed by atoms with Crippen LogP contribution in [0, 0.1) is 0 Å². The van der Waals surface area contributed by atoms with E-state index in [9.17, 15) is 9.59 Å². The third kappa shape index (κ3) is 5.49. The molecule has 2 amide bonds. The number of carbonyl (C=O) groups excluding carboxylic acids is 2. The van der Waals surface area contributed by atoms with Gasteiger partial charge in [0.15, 0.2) is 11.7 Å². The summed E-state index contributed by atoms with van der Waals surface area (Å²) in [5, 5.41) is 1.06. The average molecular weight is 434 g/mol. The first-order valence-corrected chi connectivity index (χ1v) is 9.35. The molecule has 0 aliphatic carbocycles. The Morgan fingerprint density at radius 1 is 1.07 bits per heavy atom. The van der Waals surface area contributed by atoms with E-state index in [0.29, 0.717) is 27.4 Å². The molecule has 1 aromatic heterocycles. The van der Waals surface area contributed by atoms with Crippen molar-refractivity contribution < 1.29 is 18.7 Å². The lowest BCUT2D eigenvalue weighted by Crippen LogP contribution is -2.41. The van der Waals surface area contributed by atoms with Crippen molar-refractivity contribution in [3.63, 3.8) is 0 Å². The molecule has 9 heteroatoms. The van der Waals surface area contributed by atoms with Crippen molar-refractivity contribution in [2.45, 2.75) is 12.8 Å². The summed E-state index contributed by atoms with van der Waals surface area (Å²) in [5.74, 6) is 0.389. The monoisotopic (exact) mass is 433 g/mol. The zero-order valence-electron chi connectivity index (χ0n) is 15.4. The van der Waals surface area contributed by atoms with E-state index in [4.69, 9.17) is 32.4 Å². The van der Waals surface area contributed by atoms with Crippen LogP contribution in [0.3, 0.4) is 0 Å². The molecular weight excluding hydrogens is 417 g/mol. The van der Waals surface area contributed by atoms with Crippen LogP contribution in [-0.4, -0.2) is 23.9 Å². The molecule has 2 N–H and O–H groups in total. The summed E-state index contributed by atoms with van der Waals surface area (Å²) < 4.78 is 10.8. The molecule has 0 spiro atoms. The Kier molecular flexibility index (Phi) is 6.74. The predicted molar refractivity (Wildman–Crippen MR) is 109 cm³/mol. The van der Waals surface area contributed by atoms with Crippen LogP contribution < -0.4 is 15.6 Å². The minimum Gasteiger partial charge on any atom is -0.496 e. The average Bonchev–Trinajstić information content (AvgIpc) is 3.20. The zero-order chi connectivity index (χ0) is 20.8. The van der Waals surface area contributed by atoms with Crippen molar-refractivity contribution in [3.05, 3.63) is 70.2 Å². The van der Waals surface area contributed by atoms with Gasteiger partial charge in [0.2, 0.25) is 5.91 Å². The third-order valence-corrected chi connectivity index (χ3v) is 4.46. The number of nitrogens with one attached hydrogen (secondary N) is 2. The quantitative estimate of drug-likeness (QED) is 0.571. The molecule has 2 aromatic carbocycles. The van der Waals surface area contributed by atoms with Gasteiger partial charge in [0, 0.05) is 28.5 Å². The smallest absolute Gasteiger partial charge is 0.273 e. The number of hydrazine groups is 1. The first kappa shape index (κ1) is 20.7. The summed E-state index contributed by atoms with van der Waals surface area (Å²) >= 11 is 11.7. The number of oxazole rings is 1. The van der Waals surface area contributed by atoms with Crippen LogP contribution >= 0.6 is 23.2 Å². The Morgan fingerprint density at radius 2 is 1.79 bits per heavy atom. The number of hydrogen-bond acceptors (Lipinski definition) is 5. The molecule has 150 valence electrons. The number of nitrogens with zero attached hydrogens (tertiary/aromatic N) is 1. The van der Waals surface area contributed by atoms with Gasteiger partial charge in [-0.3, -0.25) is 20.4 Å². The van der Waals surface area contributed by atoms with Crippen molar-refractivity contribution in [2.75, 3.05) is 7.11 Å². The summed E-state index contributed by atoms with van der Waals surface area (Å²) in [6, 6.07) is 11.7. The number of ether oxygens (including phenoxy) is 1. The molecule has 0 saturated heterocycles. The van der Waals surface area contributed by atoms with Gasteiger partial charge in [-0.05, 0) is 42.5 Å². The maximum absolute atomic E-state index is 12.2. The van der Waals surface area contributed by atoms with Crippen molar-refractivity contribution in [1.29, 1.82) is 0 Å². The number of methoxy groups -OCH3 is 1. The van der Waals surface area contributed by atoms with Crippen molar-refractivity contribution in [2.24, 2.45) is 0 Å². The van der Waals surface area contributed by atoms with Gasteiger partial charge in [0.1, 0.15) is 5.75 Å².